The number of carbonyl (C=O) groups is 1. The van der Waals surface area contributed by atoms with Crippen LogP contribution in [-0.2, 0) is 17.8 Å². The highest BCUT2D eigenvalue weighted by molar-refractivity contribution is 7.99. The molecule has 1 amide bonds. The van der Waals surface area contributed by atoms with Gasteiger partial charge in [-0.05, 0) is 13.0 Å². The van der Waals surface area contributed by atoms with Crippen LogP contribution < -0.4 is 10.1 Å². The number of nitrogens with zero attached hydrogens (tertiary/aromatic N) is 4. The standard InChI is InChI=1S/C15H19N5O4S/c1-4-13-17-18-15(19(13)5-2)25-9-14(21)16-11-7-6-10(20(22)23)8-12(11)24-3/h6-8H,4-5,9H2,1-3H3,(H,16,21). The lowest BCUT2D eigenvalue weighted by Crippen LogP contribution is -2.15. The third kappa shape index (κ3) is 4.47. The fourth-order valence-corrected chi connectivity index (χ4v) is 3.04. The van der Waals surface area contributed by atoms with E-state index in [-0.39, 0.29) is 23.1 Å². The molecule has 25 heavy (non-hydrogen) atoms. The zero-order valence-corrected chi connectivity index (χ0v) is 15.0. The third-order valence-corrected chi connectivity index (χ3v) is 4.40. The maximum Gasteiger partial charge on any atom is 0.273 e. The maximum atomic E-state index is 12.2. The lowest BCUT2D eigenvalue weighted by atomic mass is 10.2. The molecule has 0 aliphatic carbocycles. The summed E-state index contributed by atoms with van der Waals surface area (Å²) in [5, 5.41) is 22.4. The number of nitro benzene ring substituents is 1. The first kappa shape index (κ1) is 18.7. The minimum absolute atomic E-state index is 0.104. The summed E-state index contributed by atoms with van der Waals surface area (Å²) < 4.78 is 7.06. The lowest BCUT2D eigenvalue weighted by Gasteiger charge is -2.10. The molecule has 0 atom stereocenters. The molecular weight excluding hydrogens is 346 g/mol. The van der Waals surface area contributed by atoms with Crippen LogP contribution >= 0.6 is 11.8 Å². The van der Waals surface area contributed by atoms with E-state index in [1.807, 2.05) is 18.4 Å². The third-order valence-electron chi connectivity index (χ3n) is 3.43. The van der Waals surface area contributed by atoms with Crippen LogP contribution in [0.3, 0.4) is 0 Å². The first-order valence-corrected chi connectivity index (χ1v) is 8.65. The summed E-state index contributed by atoms with van der Waals surface area (Å²) in [4.78, 5) is 22.4. The van der Waals surface area contributed by atoms with Gasteiger partial charge in [0.25, 0.3) is 5.69 Å². The number of nitrogens with one attached hydrogen (secondary N) is 1. The molecule has 1 N–H and O–H groups in total. The molecule has 0 radical (unpaired) electrons. The monoisotopic (exact) mass is 365 g/mol. The predicted octanol–water partition coefficient (Wildman–Crippen LogP) is 2.51. The topological polar surface area (TPSA) is 112 Å². The number of ether oxygens (including phenoxy) is 1. The second-order valence-corrected chi connectivity index (χ2v) is 5.92. The van der Waals surface area contributed by atoms with Crippen molar-refractivity contribution in [3.05, 3.63) is 34.1 Å². The largest absolute Gasteiger partial charge is 0.494 e. The highest BCUT2D eigenvalue weighted by Gasteiger charge is 2.15. The zero-order chi connectivity index (χ0) is 18.4. The Bertz CT molecular complexity index is 777. The van der Waals surface area contributed by atoms with Crippen molar-refractivity contribution in [2.45, 2.75) is 32.0 Å². The molecule has 1 aromatic carbocycles. The number of amides is 1. The Morgan fingerprint density at radius 1 is 1.40 bits per heavy atom. The molecule has 0 saturated carbocycles. The minimum Gasteiger partial charge on any atom is -0.494 e. The lowest BCUT2D eigenvalue weighted by molar-refractivity contribution is -0.384. The molecule has 1 aromatic heterocycles. The summed E-state index contributed by atoms with van der Waals surface area (Å²) in [5.41, 5.74) is 0.275. The van der Waals surface area contributed by atoms with Crippen molar-refractivity contribution in [3.63, 3.8) is 0 Å². The van der Waals surface area contributed by atoms with E-state index < -0.39 is 4.92 Å². The van der Waals surface area contributed by atoms with Gasteiger partial charge in [-0.15, -0.1) is 10.2 Å². The van der Waals surface area contributed by atoms with E-state index in [1.54, 1.807) is 0 Å². The molecule has 0 bridgehead atoms. The summed E-state index contributed by atoms with van der Waals surface area (Å²) in [6.07, 6.45) is 0.771. The Kier molecular flexibility index (Phi) is 6.34. The maximum absolute atomic E-state index is 12.2. The van der Waals surface area contributed by atoms with Crippen LogP contribution in [0.2, 0.25) is 0 Å². The zero-order valence-electron chi connectivity index (χ0n) is 14.2. The molecule has 2 rings (SSSR count). The van der Waals surface area contributed by atoms with Gasteiger partial charge in [-0.1, -0.05) is 18.7 Å². The fraction of sp³-hybridized carbons (Fsp3) is 0.400. The molecule has 2 aromatic rings. The highest BCUT2D eigenvalue weighted by Crippen LogP contribution is 2.29. The van der Waals surface area contributed by atoms with Crippen LogP contribution in [-0.4, -0.2) is 38.5 Å². The summed E-state index contributed by atoms with van der Waals surface area (Å²) in [5.74, 6) is 0.989. The molecule has 1 heterocycles. The predicted molar refractivity (Wildman–Crippen MR) is 94.1 cm³/mol. The molecule has 0 unspecified atom stereocenters. The fourth-order valence-electron chi connectivity index (χ4n) is 2.22. The van der Waals surface area contributed by atoms with E-state index >= 15 is 0 Å². The molecule has 0 aliphatic rings. The molecular formula is C15H19N5O4S. The van der Waals surface area contributed by atoms with Crippen molar-refractivity contribution in [1.29, 1.82) is 0 Å². The van der Waals surface area contributed by atoms with Crippen molar-refractivity contribution in [3.8, 4) is 5.75 Å². The molecule has 134 valence electrons. The van der Waals surface area contributed by atoms with Crippen LogP contribution in [0.5, 0.6) is 5.75 Å². The van der Waals surface area contributed by atoms with Crippen LogP contribution in [0.1, 0.15) is 19.7 Å². The van der Waals surface area contributed by atoms with Crippen LogP contribution in [0.15, 0.2) is 23.4 Å². The number of hydrogen-bond acceptors (Lipinski definition) is 7. The van der Waals surface area contributed by atoms with Gasteiger partial charge in [-0.2, -0.15) is 0 Å². The van der Waals surface area contributed by atoms with Gasteiger partial charge in [0, 0.05) is 19.0 Å². The summed E-state index contributed by atoms with van der Waals surface area (Å²) >= 11 is 1.28. The SMILES string of the molecule is CCc1nnc(SCC(=O)Nc2ccc([N+](=O)[O-])cc2OC)n1CC. The Labute approximate surface area is 148 Å². The van der Waals surface area contributed by atoms with Gasteiger partial charge < -0.3 is 14.6 Å². The summed E-state index contributed by atoms with van der Waals surface area (Å²) in [6, 6.07) is 4.03. The van der Waals surface area contributed by atoms with Gasteiger partial charge in [-0.25, -0.2) is 0 Å². The average Bonchev–Trinajstić information content (AvgIpc) is 3.02. The van der Waals surface area contributed by atoms with Gasteiger partial charge in [0.1, 0.15) is 11.6 Å². The van der Waals surface area contributed by atoms with Gasteiger partial charge >= 0.3 is 0 Å². The Morgan fingerprint density at radius 2 is 2.16 bits per heavy atom. The molecule has 0 spiro atoms. The average molecular weight is 365 g/mol. The number of aryl methyl sites for hydroxylation is 1. The van der Waals surface area contributed by atoms with E-state index in [1.165, 1.54) is 37.1 Å². The first-order chi connectivity index (χ1) is 12.0. The van der Waals surface area contributed by atoms with Gasteiger partial charge in [-0.3, -0.25) is 14.9 Å². The number of non-ortho nitro benzene ring substituents is 1. The second kappa shape index (κ2) is 8.47. The van der Waals surface area contributed by atoms with Gasteiger partial charge in [0.05, 0.1) is 29.5 Å². The molecule has 0 saturated heterocycles. The van der Waals surface area contributed by atoms with Crippen molar-refractivity contribution < 1.29 is 14.5 Å². The molecule has 0 aliphatic heterocycles. The van der Waals surface area contributed by atoms with Crippen molar-refractivity contribution in [2.75, 3.05) is 18.2 Å². The van der Waals surface area contributed by atoms with Crippen molar-refractivity contribution in [2.24, 2.45) is 0 Å². The van der Waals surface area contributed by atoms with E-state index in [2.05, 4.69) is 15.5 Å². The van der Waals surface area contributed by atoms with Crippen LogP contribution in [0.25, 0.3) is 0 Å². The second-order valence-electron chi connectivity index (χ2n) is 4.98. The number of rotatable bonds is 8. The number of methoxy groups -OCH3 is 1. The Hall–Kier alpha value is -2.62. The van der Waals surface area contributed by atoms with Crippen LogP contribution in [0, 0.1) is 10.1 Å². The van der Waals surface area contributed by atoms with Crippen LogP contribution in [0.4, 0.5) is 11.4 Å². The smallest absolute Gasteiger partial charge is 0.273 e. The Balaban J connectivity index is 2.03. The molecule has 0 fully saturated rings. The Morgan fingerprint density at radius 3 is 2.76 bits per heavy atom. The molecule has 10 heteroatoms. The number of anilines is 1. The number of nitro groups is 1. The first-order valence-electron chi connectivity index (χ1n) is 7.67. The highest BCUT2D eigenvalue weighted by atomic mass is 32.2. The number of aromatic nitrogens is 3. The number of carbonyl (C=O) groups excluding carboxylic acids is 1. The number of benzene rings is 1. The van der Waals surface area contributed by atoms with E-state index in [9.17, 15) is 14.9 Å². The molecule has 9 nitrogen and oxygen atoms in total. The van der Waals surface area contributed by atoms with Crippen molar-refractivity contribution in [1.82, 2.24) is 14.8 Å². The van der Waals surface area contributed by atoms with Gasteiger partial charge in [0.2, 0.25) is 5.91 Å². The van der Waals surface area contributed by atoms with Crippen molar-refractivity contribution >= 4 is 29.0 Å². The quantitative estimate of drug-likeness (QED) is 0.434. The van der Waals surface area contributed by atoms with E-state index in [0.717, 1.165) is 18.8 Å². The minimum atomic E-state index is -0.521. The van der Waals surface area contributed by atoms with E-state index in [0.29, 0.717) is 10.8 Å². The van der Waals surface area contributed by atoms with Gasteiger partial charge in [0.15, 0.2) is 5.16 Å². The van der Waals surface area contributed by atoms with E-state index in [4.69, 9.17) is 4.74 Å². The number of thioether (sulfide) groups is 1. The summed E-state index contributed by atoms with van der Waals surface area (Å²) in [7, 11) is 1.39. The number of hydrogen-bond donors (Lipinski definition) is 1. The summed E-state index contributed by atoms with van der Waals surface area (Å²) in [6.45, 7) is 4.73. The normalized spacial score (nSPS) is 10.5.